The number of para-hydroxylation sites is 1. The van der Waals surface area contributed by atoms with Gasteiger partial charge in [0.25, 0.3) is 0 Å². The SMILES string of the molecule is CCCC(N)CC(=O)NCCCOc1ccccc1. The van der Waals surface area contributed by atoms with Gasteiger partial charge in [0, 0.05) is 19.0 Å². The molecular formula is C15H24N2O2. The van der Waals surface area contributed by atoms with Crippen LogP contribution in [0.25, 0.3) is 0 Å². The normalized spacial score (nSPS) is 11.9. The number of rotatable bonds is 9. The van der Waals surface area contributed by atoms with Gasteiger partial charge in [-0.3, -0.25) is 4.79 Å². The lowest BCUT2D eigenvalue weighted by Gasteiger charge is -2.10. The Bertz CT molecular complexity index is 354. The van der Waals surface area contributed by atoms with Gasteiger partial charge in [-0.15, -0.1) is 0 Å². The molecule has 106 valence electrons. The van der Waals surface area contributed by atoms with Crippen LogP contribution in [0.1, 0.15) is 32.6 Å². The third kappa shape index (κ3) is 7.47. The largest absolute Gasteiger partial charge is 0.494 e. The zero-order chi connectivity index (χ0) is 13.9. The standard InChI is InChI=1S/C15H24N2O2/c1-2-7-13(16)12-15(18)17-10-6-11-19-14-8-4-3-5-9-14/h3-5,8-9,13H,2,6-7,10-12,16H2,1H3,(H,17,18). The average Bonchev–Trinajstić information content (AvgIpc) is 2.39. The van der Waals surface area contributed by atoms with Crippen molar-refractivity contribution in [2.45, 2.75) is 38.6 Å². The van der Waals surface area contributed by atoms with Gasteiger partial charge < -0.3 is 15.8 Å². The van der Waals surface area contributed by atoms with Crippen LogP contribution < -0.4 is 15.8 Å². The van der Waals surface area contributed by atoms with E-state index in [0.717, 1.165) is 25.0 Å². The number of ether oxygens (including phenoxy) is 1. The van der Waals surface area contributed by atoms with Crippen LogP contribution in [0, 0.1) is 0 Å². The highest BCUT2D eigenvalue weighted by Gasteiger charge is 2.07. The molecule has 1 aromatic rings. The van der Waals surface area contributed by atoms with Crippen molar-refractivity contribution in [3.8, 4) is 5.75 Å². The van der Waals surface area contributed by atoms with E-state index in [4.69, 9.17) is 10.5 Å². The fourth-order valence-electron chi connectivity index (χ4n) is 1.79. The van der Waals surface area contributed by atoms with Crippen LogP contribution in [0.2, 0.25) is 0 Å². The van der Waals surface area contributed by atoms with Crippen LogP contribution in [0.5, 0.6) is 5.75 Å². The van der Waals surface area contributed by atoms with E-state index in [1.165, 1.54) is 0 Å². The molecule has 0 aliphatic carbocycles. The van der Waals surface area contributed by atoms with Gasteiger partial charge in [-0.1, -0.05) is 31.5 Å². The molecule has 0 aromatic heterocycles. The van der Waals surface area contributed by atoms with Gasteiger partial charge in [0.15, 0.2) is 0 Å². The highest BCUT2D eigenvalue weighted by molar-refractivity contribution is 5.76. The number of hydrogen-bond acceptors (Lipinski definition) is 3. The number of benzene rings is 1. The summed E-state index contributed by atoms with van der Waals surface area (Å²) in [6.45, 7) is 3.30. The molecule has 19 heavy (non-hydrogen) atoms. The highest BCUT2D eigenvalue weighted by atomic mass is 16.5. The topological polar surface area (TPSA) is 64.4 Å². The molecule has 0 saturated carbocycles. The molecule has 4 nitrogen and oxygen atoms in total. The first-order valence-corrected chi connectivity index (χ1v) is 6.92. The molecule has 4 heteroatoms. The summed E-state index contributed by atoms with van der Waals surface area (Å²) >= 11 is 0. The van der Waals surface area contributed by atoms with Crippen molar-refractivity contribution >= 4 is 5.91 Å². The first kappa shape index (κ1) is 15.5. The summed E-state index contributed by atoms with van der Waals surface area (Å²) in [6.07, 6.45) is 3.11. The van der Waals surface area contributed by atoms with Crippen molar-refractivity contribution < 1.29 is 9.53 Å². The Kier molecular flexibility index (Phi) is 7.66. The number of hydrogen-bond donors (Lipinski definition) is 2. The van der Waals surface area contributed by atoms with Gasteiger partial charge >= 0.3 is 0 Å². The monoisotopic (exact) mass is 264 g/mol. The molecule has 0 heterocycles. The Morgan fingerprint density at radius 3 is 2.79 bits per heavy atom. The molecule has 1 unspecified atom stereocenters. The van der Waals surface area contributed by atoms with E-state index in [2.05, 4.69) is 12.2 Å². The second-order valence-electron chi connectivity index (χ2n) is 4.62. The number of carbonyl (C=O) groups is 1. The lowest BCUT2D eigenvalue weighted by Crippen LogP contribution is -2.32. The molecule has 0 saturated heterocycles. The number of carbonyl (C=O) groups excluding carboxylic acids is 1. The lowest BCUT2D eigenvalue weighted by atomic mass is 10.1. The van der Waals surface area contributed by atoms with E-state index >= 15 is 0 Å². The Morgan fingerprint density at radius 2 is 2.11 bits per heavy atom. The van der Waals surface area contributed by atoms with Crippen molar-refractivity contribution in [3.63, 3.8) is 0 Å². The molecule has 0 aliphatic heterocycles. The van der Waals surface area contributed by atoms with Gasteiger partial charge in [0.1, 0.15) is 5.75 Å². The van der Waals surface area contributed by atoms with Gasteiger partial charge in [-0.05, 0) is 25.0 Å². The van der Waals surface area contributed by atoms with E-state index in [9.17, 15) is 4.79 Å². The molecule has 0 bridgehead atoms. The van der Waals surface area contributed by atoms with Crippen molar-refractivity contribution in [1.82, 2.24) is 5.32 Å². The van der Waals surface area contributed by atoms with Crippen LogP contribution in [0.15, 0.2) is 30.3 Å². The Hall–Kier alpha value is -1.55. The summed E-state index contributed by atoms with van der Waals surface area (Å²) in [5.74, 6) is 0.888. The van der Waals surface area contributed by atoms with Crippen molar-refractivity contribution in [2.75, 3.05) is 13.2 Å². The molecule has 0 spiro atoms. The number of nitrogens with two attached hydrogens (primary N) is 1. The average molecular weight is 264 g/mol. The minimum absolute atomic E-state index is 0.0226. The zero-order valence-corrected chi connectivity index (χ0v) is 11.6. The number of amides is 1. The Balaban J connectivity index is 2.03. The third-order valence-corrected chi connectivity index (χ3v) is 2.76. The lowest BCUT2D eigenvalue weighted by molar-refractivity contribution is -0.121. The van der Waals surface area contributed by atoms with Crippen LogP contribution in [-0.2, 0) is 4.79 Å². The van der Waals surface area contributed by atoms with Crippen molar-refractivity contribution in [2.24, 2.45) is 5.73 Å². The fraction of sp³-hybridized carbons (Fsp3) is 0.533. The first-order chi connectivity index (χ1) is 9.22. The van der Waals surface area contributed by atoms with Crippen LogP contribution >= 0.6 is 0 Å². The van der Waals surface area contributed by atoms with E-state index in [1.54, 1.807) is 0 Å². The Morgan fingerprint density at radius 1 is 1.37 bits per heavy atom. The molecule has 0 fully saturated rings. The predicted molar refractivity (Wildman–Crippen MR) is 77.1 cm³/mol. The van der Waals surface area contributed by atoms with E-state index in [1.807, 2.05) is 30.3 Å². The zero-order valence-electron chi connectivity index (χ0n) is 11.6. The summed E-state index contributed by atoms with van der Waals surface area (Å²) in [6, 6.07) is 9.64. The van der Waals surface area contributed by atoms with Crippen molar-refractivity contribution in [1.29, 1.82) is 0 Å². The van der Waals surface area contributed by atoms with Crippen LogP contribution in [-0.4, -0.2) is 25.1 Å². The second kappa shape index (κ2) is 9.39. The Labute approximate surface area is 115 Å². The van der Waals surface area contributed by atoms with E-state index < -0.39 is 0 Å². The molecule has 1 amide bonds. The first-order valence-electron chi connectivity index (χ1n) is 6.92. The maximum atomic E-state index is 11.5. The molecule has 0 radical (unpaired) electrons. The summed E-state index contributed by atoms with van der Waals surface area (Å²) in [4.78, 5) is 11.5. The molecule has 1 rings (SSSR count). The molecule has 1 aromatic carbocycles. The smallest absolute Gasteiger partial charge is 0.221 e. The summed E-state index contributed by atoms with van der Waals surface area (Å²) < 4.78 is 5.53. The van der Waals surface area contributed by atoms with Gasteiger partial charge in [0.2, 0.25) is 5.91 Å². The molecule has 3 N–H and O–H groups in total. The van der Waals surface area contributed by atoms with E-state index in [-0.39, 0.29) is 11.9 Å². The summed E-state index contributed by atoms with van der Waals surface area (Å²) in [5.41, 5.74) is 5.81. The van der Waals surface area contributed by atoms with Crippen LogP contribution in [0.3, 0.4) is 0 Å². The minimum atomic E-state index is -0.0226. The summed E-state index contributed by atoms with van der Waals surface area (Å²) in [5, 5.41) is 2.86. The third-order valence-electron chi connectivity index (χ3n) is 2.76. The van der Waals surface area contributed by atoms with Crippen LogP contribution in [0.4, 0.5) is 0 Å². The fourth-order valence-corrected chi connectivity index (χ4v) is 1.79. The second-order valence-corrected chi connectivity index (χ2v) is 4.62. The quantitative estimate of drug-likeness (QED) is 0.671. The maximum Gasteiger partial charge on any atom is 0.221 e. The van der Waals surface area contributed by atoms with Gasteiger partial charge in [0.05, 0.1) is 6.61 Å². The molecule has 1 atom stereocenters. The minimum Gasteiger partial charge on any atom is -0.494 e. The van der Waals surface area contributed by atoms with Gasteiger partial charge in [-0.25, -0.2) is 0 Å². The predicted octanol–water partition coefficient (Wildman–Crippen LogP) is 2.09. The molecular weight excluding hydrogens is 240 g/mol. The highest BCUT2D eigenvalue weighted by Crippen LogP contribution is 2.08. The number of nitrogens with one attached hydrogen (secondary N) is 1. The van der Waals surface area contributed by atoms with E-state index in [0.29, 0.717) is 19.6 Å². The van der Waals surface area contributed by atoms with Gasteiger partial charge in [-0.2, -0.15) is 0 Å². The van der Waals surface area contributed by atoms with Crippen molar-refractivity contribution in [3.05, 3.63) is 30.3 Å². The maximum absolute atomic E-state index is 11.5. The summed E-state index contributed by atoms with van der Waals surface area (Å²) in [7, 11) is 0. The molecule has 0 aliphatic rings.